The van der Waals surface area contributed by atoms with Crippen molar-refractivity contribution in [3.8, 4) is 16.8 Å². The highest BCUT2D eigenvalue weighted by Crippen LogP contribution is 2.24. The molecule has 0 bridgehead atoms. The summed E-state index contributed by atoms with van der Waals surface area (Å²) in [6.07, 6.45) is 8.19. The Morgan fingerprint density at radius 1 is 0.824 bits per heavy atom. The Balaban J connectivity index is 0.00000241. The van der Waals surface area contributed by atoms with E-state index >= 15 is 0 Å². The topological polar surface area (TPSA) is 60.9 Å². The van der Waals surface area contributed by atoms with Gasteiger partial charge in [0.05, 0.1) is 30.0 Å². The standard InChI is InChI=1S/C26H26N6O.ClH/c1-29-24-6-4-19(14-21(24)17-27-29)20-8-11-31(26(33)16-20)23-5-7-25-22(15-23)18-28-32(25)13-12-30-9-2-3-10-30;/h4-8,11,14-18H,2-3,9-10,12-13H2,1H3;1H. The molecule has 0 atom stereocenters. The molecule has 1 fully saturated rings. The van der Waals surface area contributed by atoms with Crippen LogP contribution in [-0.2, 0) is 13.6 Å². The molecule has 0 unspecified atom stereocenters. The number of hydrogen-bond donors (Lipinski definition) is 0. The van der Waals surface area contributed by atoms with Crippen LogP contribution in [0.25, 0.3) is 38.6 Å². The number of pyridine rings is 1. The molecule has 1 aliphatic heterocycles. The number of aryl methyl sites for hydroxylation is 1. The van der Waals surface area contributed by atoms with Crippen LogP contribution < -0.4 is 5.56 Å². The molecule has 2 aromatic carbocycles. The fourth-order valence-electron chi connectivity index (χ4n) is 4.86. The minimum Gasteiger partial charge on any atom is -0.301 e. The minimum absolute atomic E-state index is 0. The molecular weight excluding hydrogens is 448 g/mol. The number of aromatic nitrogens is 5. The molecule has 7 nitrogen and oxygen atoms in total. The van der Waals surface area contributed by atoms with Gasteiger partial charge in [-0.25, -0.2) is 0 Å². The van der Waals surface area contributed by atoms with E-state index in [1.54, 1.807) is 10.6 Å². The van der Waals surface area contributed by atoms with Gasteiger partial charge < -0.3 is 4.90 Å². The van der Waals surface area contributed by atoms with Crippen LogP contribution in [0.5, 0.6) is 0 Å². The molecule has 3 aromatic heterocycles. The van der Waals surface area contributed by atoms with E-state index in [0.29, 0.717) is 0 Å². The van der Waals surface area contributed by atoms with Crippen molar-refractivity contribution in [2.45, 2.75) is 19.4 Å². The molecule has 0 aliphatic carbocycles. The predicted octanol–water partition coefficient (Wildman–Crippen LogP) is 4.26. The lowest BCUT2D eigenvalue weighted by atomic mass is 10.1. The van der Waals surface area contributed by atoms with Crippen LogP contribution in [0.2, 0.25) is 0 Å². The van der Waals surface area contributed by atoms with Crippen molar-refractivity contribution >= 4 is 34.2 Å². The van der Waals surface area contributed by atoms with Gasteiger partial charge in [-0.3, -0.25) is 18.7 Å². The van der Waals surface area contributed by atoms with E-state index in [2.05, 4.69) is 31.9 Å². The summed E-state index contributed by atoms with van der Waals surface area (Å²) in [5, 5.41) is 11.0. The van der Waals surface area contributed by atoms with Crippen LogP contribution in [0, 0.1) is 0 Å². The Hall–Kier alpha value is -3.42. The average Bonchev–Trinajstić information content (AvgIpc) is 3.57. The molecule has 0 spiro atoms. The van der Waals surface area contributed by atoms with E-state index < -0.39 is 0 Å². The zero-order valence-corrected chi connectivity index (χ0v) is 19.9. The van der Waals surface area contributed by atoms with Gasteiger partial charge in [0.1, 0.15) is 0 Å². The second-order valence-corrected chi connectivity index (χ2v) is 8.83. The van der Waals surface area contributed by atoms with Crippen LogP contribution in [-0.4, -0.2) is 48.7 Å². The predicted molar refractivity (Wildman–Crippen MR) is 138 cm³/mol. The van der Waals surface area contributed by atoms with E-state index in [4.69, 9.17) is 0 Å². The maximum atomic E-state index is 13.0. The van der Waals surface area contributed by atoms with Gasteiger partial charge in [-0.15, -0.1) is 12.4 Å². The second-order valence-electron chi connectivity index (χ2n) is 8.83. The monoisotopic (exact) mass is 474 g/mol. The summed E-state index contributed by atoms with van der Waals surface area (Å²) in [6.45, 7) is 4.31. The normalized spacial score (nSPS) is 14.1. The van der Waals surface area contributed by atoms with Gasteiger partial charge in [-0.05, 0) is 73.5 Å². The largest absolute Gasteiger partial charge is 0.301 e. The number of benzene rings is 2. The zero-order chi connectivity index (χ0) is 22.4. The van der Waals surface area contributed by atoms with E-state index in [-0.39, 0.29) is 18.0 Å². The average molecular weight is 475 g/mol. The Morgan fingerprint density at radius 3 is 2.38 bits per heavy atom. The number of likely N-dealkylation sites (tertiary alicyclic amines) is 1. The van der Waals surface area contributed by atoms with Crippen molar-refractivity contribution in [2.75, 3.05) is 19.6 Å². The lowest BCUT2D eigenvalue weighted by Gasteiger charge is -2.14. The molecule has 6 rings (SSSR count). The van der Waals surface area contributed by atoms with Gasteiger partial charge >= 0.3 is 0 Å². The number of hydrogen-bond acceptors (Lipinski definition) is 4. The fraction of sp³-hybridized carbons (Fsp3) is 0.269. The van der Waals surface area contributed by atoms with Crippen molar-refractivity contribution < 1.29 is 0 Å². The second kappa shape index (κ2) is 9.08. The first-order valence-corrected chi connectivity index (χ1v) is 11.5. The number of halogens is 1. The minimum atomic E-state index is -0.0560. The smallest absolute Gasteiger partial charge is 0.255 e. The first-order chi connectivity index (χ1) is 16.2. The molecule has 0 radical (unpaired) electrons. The van der Waals surface area contributed by atoms with Crippen LogP contribution in [0.4, 0.5) is 0 Å². The number of fused-ring (bicyclic) bond motifs is 2. The van der Waals surface area contributed by atoms with Crippen LogP contribution >= 0.6 is 12.4 Å². The summed E-state index contributed by atoms with van der Waals surface area (Å²) >= 11 is 0. The summed E-state index contributed by atoms with van der Waals surface area (Å²) in [5.41, 5.74) is 4.88. The highest BCUT2D eigenvalue weighted by Gasteiger charge is 2.13. The first kappa shape index (κ1) is 22.4. The molecule has 34 heavy (non-hydrogen) atoms. The van der Waals surface area contributed by atoms with Gasteiger partial charge in [-0.1, -0.05) is 6.07 Å². The van der Waals surface area contributed by atoms with E-state index in [1.807, 2.05) is 60.7 Å². The van der Waals surface area contributed by atoms with Crippen LogP contribution in [0.1, 0.15) is 12.8 Å². The van der Waals surface area contributed by atoms with Gasteiger partial charge in [0.15, 0.2) is 0 Å². The van der Waals surface area contributed by atoms with Crippen LogP contribution in [0.15, 0.2) is 71.9 Å². The molecule has 8 heteroatoms. The zero-order valence-electron chi connectivity index (χ0n) is 19.1. The van der Waals surface area contributed by atoms with Crippen molar-refractivity contribution in [1.29, 1.82) is 0 Å². The fourth-order valence-corrected chi connectivity index (χ4v) is 4.86. The summed E-state index contributed by atoms with van der Waals surface area (Å²) in [7, 11) is 1.93. The SMILES string of the molecule is Cl.Cn1ncc2cc(-c3ccn(-c4ccc5c(cnn5CCN5CCCC5)c4)c(=O)c3)ccc21. The van der Waals surface area contributed by atoms with E-state index in [0.717, 1.165) is 51.7 Å². The van der Waals surface area contributed by atoms with Crippen molar-refractivity contribution in [3.63, 3.8) is 0 Å². The third-order valence-corrected chi connectivity index (χ3v) is 6.73. The van der Waals surface area contributed by atoms with Gasteiger partial charge in [0, 0.05) is 42.3 Å². The third-order valence-electron chi connectivity index (χ3n) is 6.73. The van der Waals surface area contributed by atoms with Gasteiger partial charge in [0.25, 0.3) is 5.56 Å². The van der Waals surface area contributed by atoms with Crippen molar-refractivity contribution in [2.24, 2.45) is 7.05 Å². The van der Waals surface area contributed by atoms with Gasteiger partial charge in [0.2, 0.25) is 0 Å². The lowest BCUT2D eigenvalue weighted by molar-refractivity contribution is 0.318. The lowest BCUT2D eigenvalue weighted by Crippen LogP contribution is -2.24. The Labute approximate surface area is 203 Å². The highest BCUT2D eigenvalue weighted by atomic mass is 35.5. The number of rotatable bonds is 5. The molecule has 174 valence electrons. The molecule has 0 N–H and O–H groups in total. The molecule has 5 aromatic rings. The number of nitrogens with zero attached hydrogens (tertiary/aromatic N) is 6. The molecule has 0 amide bonds. The van der Waals surface area contributed by atoms with Crippen LogP contribution in [0.3, 0.4) is 0 Å². The molecular formula is C26H27ClN6O. The molecule has 4 heterocycles. The Morgan fingerprint density at radius 2 is 1.56 bits per heavy atom. The summed E-state index contributed by atoms with van der Waals surface area (Å²) in [4.78, 5) is 15.5. The van der Waals surface area contributed by atoms with E-state index in [9.17, 15) is 4.79 Å². The van der Waals surface area contributed by atoms with Crippen molar-refractivity contribution in [3.05, 3.63) is 77.5 Å². The maximum absolute atomic E-state index is 13.0. The highest BCUT2D eigenvalue weighted by molar-refractivity contribution is 5.85. The molecule has 0 saturated carbocycles. The third kappa shape index (κ3) is 4.02. The van der Waals surface area contributed by atoms with Gasteiger partial charge in [-0.2, -0.15) is 10.2 Å². The Kier molecular flexibility index (Phi) is 5.98. The maximum Gasteiger partial charge on any atom is 0.255 e. The van der Waals surface area contributed by atoms with E-state index in [1.165, 1.54) is 25.9 Å². The van der Waals surface area contributed by atoms with Crippen molar-refractivity contribution in [1.82, 2.24) is 29.0 Å². The summed E-state index contributed by atoms with van der Waals surface area (Å²) in [6, 6.07) is 15.9. The first-order valence-electron chi connectivity index (χ1n) is 11.5. The molecule has 1 aliphatic rings. The molecule has 1 saturated heterocycles. The summed E-state index contributed by atoms with van der Waals surface area (Å²) < 4.78 is 5.60. The quantitative estimate of drug-likeness (QED) is 0.382. The Bertz CT molecular complexity index is 1530. The summed E-state index contributed by atoms with van der Waals surface area (Å²) in [5.74, 6) is 0.